The molecule has 0 bridgehead atoms. The molecule has 29 heavy (non-hydrogen) atoms. The minimum Gasteiger partial charge on any atom is -0.304 e. The third kappa shape index (κ3) is 5.36. The first-order chi connectivity index (χ1) is 13.6. The van der Waals surface area contributed by atoms with Crippen LogP contribution in [0.4, 0.5) is 5.69 Å². The van der Waals surface area contributed by atoms with Crippen LogP contribution >= 0.6 is 0 Å². The molecule has 1 N–H and O–H groups in total. The molecule has 1 aromatic heterocycles. The van der Waals surface area contributed by atoms with Gasteiger partial charge in [-0.1, -0.05) is 29.3 Å². The molecule has 158 valence electrons. The quantitative estimate of drug-likeness (QED) is 0.767. The Morgan fingerprint density at radius 3 is 2.52 bits per heavy atom. The summed E-state index contributed by atoms with van der Waals surface area (Å²) in [5, 5.41) is 4.12. The fraction of sp³-hybridized carbons (Fsp3) is 0.500. The van der Waals surface area contributed by atoms with Crippen molar-refractivity contribution in [2.24, 2.45) is 7.05 Å². The van der Waals surface area contributed by atoms with Crippen LogP contribution < -0.4 is 9.03 Å². The summed E-state index contributed by atoms with van der Waals surface area (Å²) in [4.78, 5) is 14.7. The average molecular weight is 420 g/mol. The van der Waals surface area contributed by atoms with Crippen LogP contribution in [0.2, 0.25) is 0 Å². The average Bonchev–Trinajstić information content (AvgIpc) is 2.98. The van der Waals surface area contributed by atoms with Crippen molar-refractivity contribution in [3.05, 3.63) is 47.3 Å². The first-order valence-electron chi connectivity index (χ1n) is 9.73. The van der Waals surface area contributed by atoms with E-state index in [4.69, 9.17) is 0 Å². The van der Waals surface area contributed by atoms with E-state index in [0.29, 0.717) is 12.2 Å². The maximum Gasteiger partial charge on any atom is 0.326 e. The van der Waals surface area contributed by atoms with Crippen molar-refractivity contribution in [3.63, 3.8) is 0 Å². The minimum atomic E-state index is -4.07. The lowest BCUT2D eigenvalue weighted by Crippen LogP contribution is -2.54. The molecule has 1 atom stereocenters. The molecule has 1 aromatic carbocycles. The molecule has 0 aliphatic carbocycles. The number of carbonyl (C=O) groups is 1. The van der Waals surface area contributed by atoms with Gasteiger partial charge in [-0.2, -0.15) is 13.5 Å². The number of anilines is 1. The molecule has 2 heterocycles. The van der Waals surface area contributed by atoms with Gasteiger partial charge in [-0.05, 0) is 45.8 Å². The number of amides is 1. The van der Waals surface area contributed by atoms with E-state index >= 15 is 0 Å². The number of nitrogens with one attached hydrogen (secondary N) is 1. The van der Waals surface area contributed by atoms with Gasteiger partial charge in [-0.25, -0.2) is 9.03 Å². The van der Waals surface area contributed by atoms with Crippen molar-refractivity contribution in [1.29, 1.82) is 0 Å². The van der Waals surface area contributed by atoms with Gasteiger partial charge < -0.3 is 4.90 Å². The molecular weight excluding hydrogens is 390 g/mol. The number of nitrogens with zero attached hydrogens (tertiary/aromatic N) is 4. The normalized spacial score (nSPS) is 17.9. The summed E-state index contributed by atoms with van der Waals surface area (Å²) >= 11 is 0. The monoisotopic (exact) mass is 419 g/mol. The van der Waals surface area contributed by atoms with E-state index in [2.05, 4.69) is 14.7 Å². The topological polar surface area (TPSA) is 87.5 Å². The fourth-order valence-electron chi connectivity index (χ4n) is 3.98. The number of likely N-dealkylation sites (tertiary alicyclic amines) is 1. The third-order valence-corrected chi connectivity index (χ3v) is 6.54. The standard InChI is InChI=1S/C20H29N5O3S/c1-15-8-16(2)10-17(9-15)11-20(26)22-29(27,28)25(19-12-21-24(4)14-19)18-6-5-7-23(3)13-18/h8-10,12,14,18H,5-7,11,13H2,1-4H3,(H,22,26). The fourth-order valence-corrected chi connectivity index (χ4v) is 5.38. The Bertz CT molecular complexity index is 966. The van der Waals surface area contributed by atoms with Gasteiger partial charge in [-0.3, -0.25) is 9.48 Å². The lowest BCUT2D eigenvalue weighted by atomic mass is 10.1. The summed E-state index contributed by atoms with van der Waals surface area (Å²) in [5.74, 6) is -0.548. The lowest BCUT2D eigenvalue weighted by molar-refractivity contribution is -0.118. The SMILES string of the molecule is Cc1cc(C)cc(CC(=O)NS(=O)(=O)N(c2cnn(C)c2)C2CCCN(C)C2)c1. The highest BCUT2D eigenvalue weighted by molar-refractivity contribution is 7.91. The van der Waals surface area contributed by atoms with Crippen LogP contribution in [0.15, 0.2) is 30.6 Å². The van der Waals surface area contributed by atoms with Crippen LogP contribution in [0.1, 0.15) is 29.5 Å². The first kappa shape index (κ1) is 21.3. The van der Waals surface area contributed by atoms with Gasteiger partial charge in [-0.15, -0.1) is 0 Å². The van der Waals surface area contributed by atoms with Gasteiger partial charge in [0.25, 0.3) is 0 Å². The summed E-state index contributed by atoms with van der Waals surface area (Å²) in [7, 11) is -0.364. The van der Waals surface area contributed by atoms with Gasteiger partial charge in [0.15, 0.2) is 0 Å². The third-order valence-electron chi connectivity index (χ3n) is 5.02. The number of carbonyl (C=O) groups excluding carboxylic acids is 1. The highest BCUT2D eigenvalue weighted by Crippen LogP contribution is 2.25. The molecule has 1 fully saturated rings. The Kier molecular flexibility index (Phi) is 6.28. The molecule has 1 amide bonds. The number of aryl methyl sites for hydroxylation is 3. The summed E-state index contributed by atoms with van der Waals surface area (Å²) in [5.41, 5.74) is 3.33. The van der Waals surface area contributed by atoms with Crippen LogP contribution in [-0.4, -0.2) is 55.2 Å². The molecule has 0 radical (unpaired) electrons. The zero-order valence-corrected chi connectivity index (χ0v) is 18.2. The minimum absolute atomic E-state index is 0.00714. The first-order valence-corrected chi connectivity index (χ1v) is 11.2. The predicted octanol–water partition coefficient (Wildman–Crippen LogP) is 1.54. The van der Waals surface area contributed by atoms with E-state index in [-0.39, 0.29) is 12.5 Å². The number of hydrogen-bond donors (Lipinski definition) is 1. The van der Waals surface area contributed by atoms with Gasteiger partial charge in [0.1, 0.15) is 0 Å². The molecule has 9 heteroatoms. The summed E-state index contributed by atoms with van der Waals surface area (Å²) in [6.07, 6.45) is 4.80. The van der Waals surface area contributed by atoms with Crippen LogP contribution in [0.3, 0.4) is 0 Å². The second-order valence-electron chi connectivity index (χ2n) is 7.93. The summed E-state index contributed by atoms with van der Waals surface area (Å²) in [6, 6.07) is 5.55. The predicted molar refractivity (Wildman–Crippen MR) is 113 cm³/mol. The molecule has 3 rings (SSSR count). The van der Waals surface area contributed by atoms with Crippen molar-refractivity contribution in [1.82, 2.24) is 19.4 Å². The molecule has 1 saturated heterocycles. The van der Waals surface area contributed by atoms with E-state index in [1.54, 1.807) is 17.9 Å². The van der Waals surface area contributed by atoms with E-state index in [1.807, 2.05) is 39.1 Å². The molecule has 2 aromatic rings. The van der Waals surface area contributed by atoms with Crippen molar-refractivity contribution in [2.45, 2.75) is 39.2 Å². The van der Waals surface area contributed by atoms with Gasteiger partial charge in [0, 0.05) is 19.8 Å². The van der Waals surface area contributed by atoms with Gasteiger partial charge in [0.2, 0.25) is 5.91 Å². The van der Waals surface area contributed by atoms with E-state index < -0.39 is 16.1 Å². The second kappa shape index (κ2) is 8.54. The van der Waals surface area contributed by atoms with E-state index in [1.165, 1.54) is 10.5 Å². The second-order valence-corrected chi connectivity index (χ2v) is 9.48. The molecular formula is C20H29N5O3S. The van der Waals surface area contributed by atoms with E-state index in [9.17, 15) is 13.2 Å². The lowest BCUT2D eigenvalue weighted by Gasteiger charge is -2.37. The van der Waals surface area contributed by atoms with Crippen LogP contribution in [-0.2, 0) is 28.5 Å². The number of rotatable bonds is 6. The zero-order valence-electron chi connectivity index (χ0n) is 17.4. The Labute approximate surface area is 172 Å². The number of piperidine rings is 1. The smallest absolute Gasteiger partial charge is 0.304 e. The Balaban J connectivity index is 1.83. The van der Waals surface area contributed by atoms with Crippen molar-refractivity contribution in [2.75, 3.05) is 24.4 Å². The van der Waals surface area contributed by atoms with E-state index in [0.717, 1.165) is 36.1 Å². The molecule has 1 unspecified atom stereocenters. The van der Waals surface area contributed by atoms with Crippen LogP contribution in [0.5, 0.6) is 0 Å². The van der Waals surface area contributed by atoms with Crippen molar-refractivity contribution < 1.29 is 13.2 Å². The maximum atomic E-state index is 13.2. The molecule has 8 nitrogen and oxygen atoms in total. The number of likely N-dealkylation sites (N-methyl/N-ethyl adjacent to an activating group) is 1. The summed E-state index contributed by atoms with van der Waals surface area (Å²) < 4.78 is 31.6. The zero-order chi connectivity index (χ0) is 21.2. The molecule has 1 aliphatic heterocycles. The molecule has 0 saturated carbocycles. The van der Waals surface area contributed by atoms with Crippen LogP contribution in [0, 0.1) is 13.8 Å². The van der Waals surface area contributed by atoms with Gasteiger partial charge in [0.05, 0.1) is 24.3 Å². The Hall–Kier alpha value is -2.39. The maximum absolute atomic E-state index is 13.2. The molecule has 1 aliphatic rings. The Morgan fingerprint density at radius 2 is 1.93 bits per heavy atom. The Morgan fingerprint density at radius 1 is 1.24 bits per heavy atom. The number of hydrogen-bond acceptors (Lipinski definition) is 5. The molecule has 0 spiro atoms. The number of benzene rings is 1. The van der Waals surface area contributed by atoms with Crippen LogP contribution in [0.25, 0.3) is 0 Å². The highest BCUT2D eigenvalue weighted by Gasteiger charge is 2.34. The highest BCUT2D eigenvalue weighted by atomic mass is 32.2. The van der Waals surface area contributed by atoms with Gasteiger partial charge >= 0.3 is 10.2 Å². The summed E-state index contributed by atoms with van der Waals surface area (Å²) in [6.45, 7) is 5.43. The van der Waals surface area contributed by atoms with Crippen molar-refractivity contribution in [3.8, 4) is 0 Å². The number of aromatic nitrogens is 2. The van der Waals surface area contributed by atoms with Crippen molar-refractivity contribution >= 4 is 21.8 Å². The largest absolute Gasteiger partial charge is 0.326 e.